The number of nitrogens with one attached hydrogen (secondary N) is 1. The van der Waals surface area contributed by atoms with Crippen molar-refractivity contribution >= 4 is 11.9 Å². The molecule has 63 heavy (non-hydrogen) atoms. The summed E-state index contributed by atoms with van der Waals surface area (Å²) in [7, 11) is 0. The van der Waals surface area contributed by atoms with Gasteiger partial charge in [0.05, 0.1) is 25.4 Å². The average molecular weight is 891 g/mol. The van der Waals surface area contributed by atoms with Crippen LogP contribution in [0.15, 0.2) is 12.2 Å². The Bertz CT molecular complexity index is 939. The highest BCUT2D eigenvalue weighted by atomic mass is 16.5. The van der Waals surface area contributed by atoms with Crippen LogP contribution in [0, 0.1) is 0 Å². The lowest BCUT2D eigenvalue weighted by molar-refractivity contribution is -0.143. The molecule has 0 rings (SSSR count). The second-order valence-electron chi connectivity index (χ2n) is 19.6. The zero-order valence-electron chi connectivity index (χ0n) is 42.6. The van der Waals surface area contributed by atoms with E-state index in [2.05, 4.69) is 31.3 Å². The van der Waals surface area contributed by atoms with E-state index in [4.69, 9.17) is 4.74 Å². The lowest BCUT2D eigenvalue weighted by Gasteiger charge is -2.22. The van der Waals surface area contributed by atoms with Gasteiger partial charge >= 0.3 is 5.97 Å². The Balaban J connectivity index is 3.43. The van der Waals surface area contributed by atoms with E-state index in [0.717, 1.165) is 51.4 Å². The summed E-state index contributed by atoms with van der Waals surface area (Å²) < 4.78 is 5.47. The molecule has 0 heterocycles. The molecule has 2 atom stereocenters. The Morgan fingerprint density at radius 1 is 0.429 bits per heavy atom. The first-order chi connectivity index (χ1) is 31.0. The van der Waals surface area contributed by atoms with Crippen LogP contribution in [-0.4, -0.2) is 47.4 Å². The molecule has 0 aromatic heterocycles. The van der Waals surface area contributed by atoms with E-state index in [1.165, 1.54) is 231 Å². The number of hydrogen-bond donors (Lipinski definition) is 3. The molecule has 6 nitrogen and oxygen atoms in total. The maximum atomic E-state index is 12.5. The zero-order chi connectivity index (χ0) is 45.8. The summed E-state index contributed by atoms with van der Waals surface area (Å²) in [6, 6.07) is -0.549. The molecule has 0 fully saturated rings. The van der Waals surface area contributed by atoms with Crippen molar-refractivity contribution in [2.75, 3.05) is 13.2 Å². The topological polar surface area (TPSA) is 95.9 Å². The molecule has 0 aromatic rings. The van der Waals surface area contributed by atoms with Crippen molar-refractivity contribution in [1.29, 1.82) is 0 Å². The van der Waals surface area contributed by atoms with Gasteiger partial charge in [-0.1, -0.05) is 264 Å². The molecule has 3 N–H and O–H groups in total. The van der Waals surface area contributed by atoms with Gasteiger partial charge in [-0.05, 0) is 51.4 Å². The van der Waals surface area contributed by atoms with Gasteiger partial charge < -0.3 is 20.3 Å². The molecule has 0 saturated carbocycles. The maximum Gasteiger partial charge on any atom is 0.305 e. The van der Waals surface area contributed by atoms with Crippen LogP contribution in [0.1, 0.15) is 316 Å². The quantitative estimate of drug-likeness (QED) is 0.0321. The maximum absolute atomic E-state index is 12.5. The van der Waals surface area contributed by atoms with E-state index in [1.54, 1.807) is 0 Å². The normalized spacial score (nSPS) is 12.6. The number of esters is 1. The van der Waals surface area contributed by atoms with Gasteiger partial charge in [0.25, 0.3) is 0 Å². The second kappa shape index (κ2) is 53.2. The number of allylic oxidation sites excluding steroid dienone is 2. The van der Waals surface area contributed by atoms with E-state index < -0.39 is 12.1 Å². The highest BCUT2D eigenvalue weighted by Gasteiger charge is 2.20. The van der Waals surface area contributed by atoms with Gasteiger partial charge in [0.1, 0.15) is 0 Å². The number of aliphatic hydroxyl groups excluding tert-OH is 2. The molecule has 0 spiro atoms. The van der Waals surface area contributed by atoms with Crippen LogP contribution in [0.25, 0.3) is 0 Å². The second-order valence-corrected chi connectivity index (χ2v) is 19.6. The van der Waals surface area contributed by atoms with Gasteiger partial charge in [-0.3, -0.25) is 9.59 Å². The van der Waals surface area contributed by atoms with Crippen LogP contribution in [-0.2, 0) is 14.3 Å². The molecular weight excluding hydrogens is 779 g/mol. The zero-order valence-corrected chi connectivity index (χ0v) is 42.6. The van der Waals surface area contributed by atoms with Crippen LogP contribution < -0.4 is 5.32 Å². The standard InChI is InChI=1S/C57H111NO5/c1-3-5-7-9-11-13-15-17-19-21-25-29-33-37-41-45-49-55(60)54(53-59)58-56(61)50-46-42-38-34-30-26-23-24-28-32-36-40-44-48-52-63-57(62)51-47-43-39-35-31-27-22-20-18-16-14-12-10-8-6-4-2/h20,22,54-55,59-60H,3-19,21,23-53H2,1-2H3,(H,58,61)/b22-20-. The van der Waals surface area contributed by atoms with Crippen LogP contribution in [0.5, 0.6) is 0 Å². The molecule has 0 saturated heterocycles. The molecule has 0 radical (unpaired) electrons. The minimum Gasteiger partial charge on any atom is -0.466 e. The molecule has 374 valence electrons. The minimum absolute atomic E-state index is 0.00883. The van der Waals surface area contributed by atoms with Crippen LogP contribution in [0.3, 0.4) is 0 Å². The summed E-state index contributed by atoms with van der Waals surface area (Å²) in [5.74, 6) is -0.0524. The first-order valence-corrected chi connectivity index (χ1v) is 28.4. The fourth-order valence-corrected chi connectivity index (χ4v) is 8.93. The fourth-order valence-electron chi connectivity index (χ4n) is 8.93. The monoisotopic (exact) mass is 890 g/mol. The lowest BCUT2D eigenvalue weighted by Crippen LogP contribution is -2.45. The van der Waals surface area contributed by atoms with Crippen molar-refractivity contribution < 1.29 is 24.5 Å². The van der Waals surface area contributed by atoms with Gasteiger partial charge in [0.15, 0.2) is 0 Å². The third kappa shape index (κ3) is 49.9. The number of unbranched alkanes of at least 4 members (excludes halogenated alkanes) is 40. The number of amides is 1. The molecule has 0 aromatic carbocycles. The van der Waals surface area contributed by atoms with Gasteiger partial charge in [-0.2, -0.15) is 0 Å². The largest absolute Gasteiger partial charge is 0.466 e. The molecule has 2 unspecified atom stereocenters. The Morgan fingerprint density at radius 2 is 0.746 bits per heavy atom. The molecule has 0 aliphatic carbocycles. The number of ether oxygens (including phenoxy) is 1. The SMILES string of the molecule is CCCCCCCCC/C=C\CCCCCCCC(=O)OCCCCCCCCCCCCCCCCC(=O)NC(CO)C(O)CCCCCCCCCCCCCCCCCC. The Labute approximate surface area is 393 Å². The van der Waals surface area contributed by atoms with Crippen LogP contribution >= 0.6 is 0 Å². The lowest BCUT2D eigenvalue weighted by atomic mass is 10.0. The van der Waals surface area contributed by atoms with E-state index in [0.29, 0.717) is 25.9 Å². The minimum atomic E-state index is -0.671. The van der Waals surface area contributed by atoms with Crippen molar-refractivity contribution in [2.24, 2.45) is 0 Å². The summed E-state index contributed by atoms with van der Waals surface area (Å²) in [6.07, 6.45) is 61.9. The summed E-state index contributed by atoms with van der Waals surface area (Å²) >= 11 is 0. The van der Waals surface area contributed by atoms with Crippen molar-refractivity contribution in [2.45, 2.75) is 328 Å². The summed E-state index contributed by atoms with van der Waals surface area (Å²) in [4.78, 5) is 24.5. The van der Waals surface area contributed by atoms with Crippen molar-refractivity contribution in [1.82, 2.24) is 5.32 Å². The van der Waals surface area contributed by atoms with Crippen LogP contribution in [0.4, 0.5) is 0 Å². The highest BCUT2D eigenvalue weighted by Crippen LogP contribution is 2.17. The van der Waals surface area contributed by atoms with Crippen LogP contribution in [0.2, 0.25) is 0 Å². The smallest absolute Gasteiger partial charge is 0.305 e. The number of carbonyl (C=O) groups is 2. The predicted molar refractivity (Wildman–Crippen MR) is 273 cm³/mol. The summed E-state index contributed by atoms with van der Waals surface area (Å²) in [5, 5.41) is 23.3. The number of aliphatic hydroxyl groups is 2. The predicted octanol–water partition coefficient (Wildman–Crippen LogP) is 17.3. The Kier molecular flexibility index (Phi) is 52.0. The van der Waals surface area contributed by atoms with E-state index in [-0.39, 0.29) is 18.5 Å². The van der Waals surface area contributed by atoms with Gasteiger partial charge in [-0.15, -0.1) is 0 Å². The van der Waals surface area contributed by atoms with Gasteiger partial charge in [-0.25, -0.2) is 0 Å². The molecular formula is C57H111NO5. The molecule has 1 amide bonds. The van der Waals surface area contributed by atoms with Crippen molar-refractivity contribution in [3.63, 3.8) is 0 Å². The Morgan fingerprint density at radius 3 is 1.13 bits per heavy atom. The number of carbonyl (C=O) groups excluding carboxylic acids is 2. The highest BCUT2D eigenvalue weighted by molar-refractivity contribution is 5.76. The van der Waals surface area contributed by atoms with Gasteiger partial charge in [0, 0.05) is 12.8 Å². The summed E-state index contributed by atoms with van der Waals surface area (Å²) in [6.45, 7) is 4.94. The molecule has 0 bridgehead atoms. The fraction of sp³-hybridized carbons (Fsp3) is 0.930. The molecule has 6 heteroatoms. The third-order valence-corrected chi connectivity index (χ3v) is 13.3. The van der Waals surface area contributed by atoms with Gasteiger partial charge in [0.2, 0.25) is 5.91 Å². The number of hydrogen-bond acceptors (Lipinski definition) is 5. The summed E-state index contributed by atoms with van der Waals surface area (Å²) in [5.41, 5.74) is 0. The molecule has 0 aliphatic heterocycles. The van der Waals surface area contributed by atoms with E-state index in [9.17, 15) is 19.8 Å². The first kappa shape index (κ1) is 61.6. The Hall–Kier alpha value is -1.40. The van der Waals surface area contributed by atoms with E-state index in [1.807, 2.05) is 0 Å². The number of rotatable bonds is 53. The van der Waals surface area contributed by atoms with Crippen molar-refractivity contribution in [3.8, 4) is 0 Å². The third-order valence-electron chi connectivity index (χ3n) is 13.3. The first-order valence-electron chi connectivity index (χ1n) is 28.4. The van der Waals surface area contributed by atoms with Crippen molar-refractivity contribution in [3.05, 3.63) is 12.2 Å². The molecule has 0 aliphatic rings. The average Bonchev–Trinajstić information content (AvgIpc) is 3.28. The van der Waals surface area contributed by atoms with E-state index >= 15 is 0 Å².